The van der Waals surface area contributed by atoms with E-state index in [1.807, 2.05) is 13.8 Å². The number of benzene rings is 2. The maximum absolute atomic E-state index is 14.0. The molecule has 33 heavy (non-hydrogen) atoms. The number of aromatic nitrogens is 3. The van der Waals surface area contributed by atoms with Gasteiger partial charge in [-0.25, -0.2) is 17.5 Å². The van der Waals surface area contributed by atoms with Crippen molar-refractivity contribution in [3.05, 3.63) is 47.2 Å². The third kappa shape index (κ3) is 4.73. The molecule has 3 aromatic rings. The van der Waals surface area contributed by atoms with E-state index in [1.165, 1.54) is 16.4 Å². The molecule has 1 fully saturated rings. The van der Waals surface area contributed by atoms with Crippen LogP contribution in [0, 0.1) is 11.7 Å². The van der Waals surface area contributed by atoms with Crippen LogP contribution < -0.4 is 5.32 Å². The summed E-state index contributed by atoms with van der Waals surface area (Å²) in [5, 5.41) is 11.1. The molecular weight excluding hydrogens is 469 g/mol. The second-order valence-corrected chi connectivity index (χ2v) is 10.6. The Labute approximate surface area is 196 Å². The smallest absolute Gasteiger partial charge is 0.243 e. The van der Waals surface area contributed by atoms with E-state index in [1.54, 1.807) is 22.9 Å². The van der Waals surface area contributed by atoms with Crippen LogP contribution in [0.15, 0.2) is 41.3 Å². The molecule has 1 atom stereocenters. The molecule has 0 unspecified atom stereocenters. The molecule has 0 aliphatic carbocycles. The quantitative estimate of drug-likeness (QED) is 0.554. The van der Waals surface area contributed by atoms with E-state index in [9.17, 15) is 17.6 Å². The summed E-state index contributed by atoms with van der Waals surface area (Å²) in [5.41, 5.74) is 1.36. The number of halogens is 2. The first-order chi connectivity index (χ1) is 15.7. The summed E-state index contributed by atoms with van der Waals surface area (Å²) in [7, 11) is -3.74. The maximum atomic E-state index is 14.0. The summed E-state index contributed by atoms with van der Waals surface area (Å²) in [6, 6.07) is 9.03. The molecule has 0 radical (unpaired) electrons. The lowest BCUT2D eigenvalue weighted by Crippen LogP contribution is -2.41. The van der Waals surface area contributed by atoms with Gasteiger partial charge in [0.05, 0.1) is 22.1 Å². The van der Waals surface area contributed by atoms with Gasteiger partial charge in [0.25, 0.3) is 0 Å². The second kappa shape index (κ2) is 9.36. The predicted molar refractivity (Wildman–Crippen MR) is 124 cm³/mol. The van der Waals surface area contributed by atoms with Crippen LogP contribution in [0.1, 0.15) is 39.2 Å². The van der Waals surface area contributed by atoms with E-state index in [0.29, 0.717) is 18.4 Å². The first kappa shape index (κ1) is 23.6. The summed E-state index contributed by atoms with van der Waals surface area (Å²) in [5.74, 6) is -1.36. The van der Waals surface area contributed by atoms with E-state index in [4.69, 9.17) is 11.6 Å². The molecule has 1 saturated heterocycles. The zero-order valence-electron chi connectivity index (χ0n) is 18.3. The molecule has 2 aromatic carbocycles. The number of hydrogen-bond donors (Lipinski definition) is 1. The SMILES string of the molecule is CC[C@H](C)n1nnc2cc(S(=O)(=O)N3CCC(C(=O)Nc4ccc(Cl)cc4F)CC3)ccc21. The molecule has 0 spiro atoms. The molecule has 1 aliphatic heterocycles. The van der Waals surface area contributed by atoms with Gasteiger partial charge >= 0.3 is 0 Å². The van der Waals surface area contributed by atoms with Crippen LogP contribution in [0.2, 0.25) is 5.02 Å². The molecule has 4 rings (SSSR count). The number of carbonyl (C=O) groups is 1. The molecule has 0 bridgehead atoms. The first-order valence-corrected chi connectivity index (χ1v) is 12.6. The van der Waals surface area contributed by atoms with E-state index < -0.39 is 21.8 Å². The van der Waals surface area contributed by atoms with Crippen LogP contribution in [0.4, 0.5) is 10.1 Å². The number of hydrogen-bond acceptors (Lipinski definition) is 5. The summed E-state index contributed by atoms with van der Waals surface area (Å²) in [4.78, 5) is 12.7. The van der Waals surface area contributed by atoms with Gasteiger partial charge in [0.1, 0.15) is 11.3 Å². The van der Waals surface area contributed by atoms with Gasteiger partial charge in [0.15, 0.2) is 0 Å². The Kier molecular flexibility index (Phi) is 6.69. The highest BCUT2D eigenvalue weighted by molar-refractivity contribution is 7.89. The Morgan fingerprint density at radius 3 is 2.64 bits per heavy atom. The summed E-state index contributed by atoms with van der Waals surface area (Å²) in [6.45, 7) is 4.47. The van der Waals surface area contributed by atoms with Crippen LogP contribution in [0.3, 0.4) is 0 Å². The van der Waals surface area contributed by atoms with Crippen molar-refractivity contribution in [2.24, 2.45) is 5.92 Å². The Hall–Kier alpha value is -2.56. The van der Waals surface area contributed by atoms with Gasteiger partial charge in [0.2, 0.25) is 15.9 Å². The van der Waals surface area contributed by atoms with E-state index in [2.05, 4.69) is 15.6 Å². The highest BCUT2D eigenvalue weighted by atomic mass is 35.5. The maximum Gasteiger partial charge on any atom is 0.243 e. The minimum Gasteiger partial charge on any atom is -0.323 e. The molecule has 8 nitrogen and oxygen atoms in total. The number of piperidine rings is 1. The fraction of sp³-hybridized carbons (Fsp3) is 0.409. The molecule has 1 aliphatic rings. The van der Waals surface area contributed by atoms with Gasteiger partial charge in [-0.1, -0.05) is 23.7 Å². The lowest BCUT2D eigenvalue weighted by Gasteiger charge is -2.30. The zero-order valence-corrected chi connectivity index (χ0v) is 19.9. The van der Waals surface area contributed by atoms with Crippen LogP contribution in [0.5, 0.6) is 0 Å². The normalized spacial score (nSPS) is 16.7. The number of anilines is 1. The highest BCUT2D eigenvalue weighted by Gasteiger charge is 2.32. The van der Waals surface area contributed by atoms with Crippen molar-refractivity contribution in [2.75, 3.05) is 18.4 Å². The van der Waals surface area contributed by atoms with E-state index >= 15 is 0 Å². The third-order valence-electron chi connectivity index (χ3n) is 6.10. The predicted octanol–water partition coefficient (Wildman–Crippen LogP) is 4.23. The van der Waals surface area contributed by atoms with Gasteiger partial charge < -0.3 is 5.32 Å². The first-order valence-electron chi connectivity index (χ1n) is 10.8. The lowest BCUT2D eigenvalue weighted by molar-refractivity contribution is -0.120. The minimum atomic E-state index is -3.74. The van der Waals surface area contributed by atoms with Crippen molar-refractivity contribution in [2.45, 2.75) is 44.0 Å². The van der Waals surface area contributed by atoms with Crippen molar-refractivity contribution in [1.29, 1.82) is 0 Å². The van der Waals surface area contributed by atoms with Crippen molar-refractivity contribution in [1.82, 2.24) is 19.3 Å². The average Bonchev–Trinajstić information content (AvgIpc) is 3.24. The fourth-order valence-corrected chi connectivity index (χ4v) is 5.56. The van der Waals surface area contributed by atoms with Crippen molar-refractivity contribution in [3.8, 4) is 0 Å². The monoisotopic (exact) mass is 493 g/mol. The van der Waals surface area contributed by atoms with Gasteiger partial charge in [-0.05, 0) is 62.6 Å². The third-order valence-corrected chi connectivity index (χ3v) is 8.23. The highest BCUT2D eigenvalue weighted by Crippen LogP contribution is 2.28. The minimum absolute atomic E-state index is 0.0539. The summed E-state index contributed by atoms with van der Waals surface area (Å²) < 4.78 is 43.5. The Balaban J connectivity index is 1.44. The Morgan fingerprint density at radius 1 is 1.24 bits per heavy atom. The van der Waals surface area contributed by atoms with Gasteiger partial charge in [0, 0.05) is 24.0 Å². The number of amides is 1. The average molecular weight is 494 g/mol. The Bertz CT molecular complexity index is 1290. The van der Waals surface area contributed by atoms with Gasteiger partial charge in [-0.15, -0.1) is 5.10 Å². The second-order valence-electron chi connectivity index (χ2n) is 8.23. The molecule has 1 N–H and O–H groups in total. The number of carbonyl (C=O) groups excluding carboxylic acids is 1. The van der Waals surface area contributed by atoms with Crippen molar-refractivity contribution in [3.63, 3.8) is 0 Å². The van der Waals surface area contributed by atoms with Crippen molar-refractivity contribution < 1.29 is 17.6 Å². The van der Waals surface area contributed by atoms with Crippen LogP contribution in [0.25, 0.3) is 11.0 Å². The summed E-state index contributed by atoms with van der Waals surface area (Å²) in [6.07, 6.45) is 1.56. The van der Waals surface area contributed by atoms with Crippen LogP contribution >= 0.6 is 11.6 Å². The number of nitrogens with one attached hydrogen (secondary N) is 1. The number of sulfonamides is 1. The molecular formula is C22H25ClFN5O3S. The summed E-state index contributed by atoms with van der Waals surface area (Å²) >= 11 is 5.74. The van der Waals surface area contributed by atoms with Crippen LogP contribution in [-0.4, -0.2) is 46.7 Å². The molecule has 176 valence electrons. The number of nitrogens with zero attached hydrogens (tertiary/aromatic N) is 4. The topological polar surface area (TPSA) is 97.2 Å². The van der Waals surface area contributed by atoms with Crippen LogP contribution in [-0.2, 0) is 14.8 Å². The standard InChI is InChI=1S/C22H25ClFN5O3S/c1-3-14(2)29-21-7-5-17(13-20(21)26-27-29)33(31,32)28-10-8-15(9-11-28)22(30)25-19-6-4-16(23)12-18(19)24/h4-7,12-15H,3,8-11H2,1-2H3,(H,25,30)/t14-/m0/s1. The molecule has 1 amide bonds. The number of rotatable bonds is 6. The van der Waals surface area contributed by atoms with Gasteiger partial charge in [-0.3, -0.25) is 4.79 Å². The molecule has 0 saturated carbocycles. The van der Waals surface area contributed by atoms with E-state index in [0.717, 1.165) is 18.0 Å². The zero-order chi connectivity index (χ0) is 23.8. The largest absolute Gasteiger partial charge is 0.323 e. The fourth-order valence-electron chi connectivity index (χ4n) is 3.91. The van der Waals surface area contributed by atoms with Gasteiger partial charge in [-0.2, -0.15) is 4.31 Å². The molecule has 1 aromatic heterocycles. The van der Waals surface area contributed by atoms with Crippen molar-refractivity contribution >= 4 is 44.3 Å². The number of fused-ring (bicyclic) bond motifs is 1. The van der Waals surface area contributed by atoms with E-state index in [-0.39, 0.29) is 40.6 Å². The Morgan fingerprint density at radius 2 is 1.97 bits per heavy atom. The molecule has 2 heterocycles. The molecule has 11 heteroatoms. The lowest BCUT2D eigenvalue weighted by atomic mass is 9.97.